The van der Waals surface area contributed by atoms with Crippen LogP contribution in [0.15, 0.2) is 28.8 Å². The van der Waals surface area contributed by atoms with Gasteiger partial charge in [-0.15, -0.1) is 0 Å². The number of carboxylic acid groups (broad SMARTS) is 1. The van der Waals surface area contributed by atoms with Crippen molar-refractivity contribution in [1.82, 2.24) is 24.8 Å². The van der Waals surface area contributed by atoms with Crippen LogP contribution in [-0.2, 0) is 10.9 Å². The van der Waals surface area contributed by atoms with Crippen molar-refractivity contribution in [2.24, 2.45) is 0 Å². The zero-order valence-electron chi connectivity index (χ0n) is 20.1. The van der Waals surface area contributed by atoms with Crippen LogP contribution in [0.2, 0.25) is 0 Å². The molecular weight excluding hydrogens is 495 g/mol. The van der Waals surface area contributed by atoms with E-state index in [2.05, 4.69) is 10.1 Å². The fourth-order valence-corrected chi connectivity index (χ4v) is 5.38. The van der Waals surface area contributed by atoms with E-state index in [4.69, 9.17) is 9.26 Å². The van der Waals surface area contributed by atoms with Crippen molar-refractivity contribution in [3.8, 4) is 0 Å². The van der Waals surface area contributed by atoms with Gasteiger partial charge in [0.2, 0.25) is 5.89 Å². The Labute approximate surface area is 211 Å². The first kappa shape index (κ1) is 25.3. The second-order valence-electron chi connectivity index (χ2n) is 9.66. The molecule has 3 aliphatic rings. The van der Waals surface area contributed by atoms with Crippen molar-refractivity contribution in [3.63, 3.8) is 0 Å². The number of ether oxygens (including phenoxy) is 1. The zero-order chi connectivity index (χ0) is 26.2. The number of amides is 3. The fourth-order valence-electron chi connectivity index (χ4n) is 5.38. The molecule has 10 nitrogen and oxygen atoms in total. The molecule has 200 valence electrons. The lowest BCUT2D eigenvalue weighted by atomic mass is 9.84. The lowest BCUT2D eigenvalue weighted by Gasteiger charge is -2.40. The minimum atomic E-state index is -4.43. The minimum Gasteiger partial charge on any atom is -0.465 e. The summed E-state index contributed by atoms with van der Waals surface area (Å²) in [4.78, 5) is 34.1. The third kappa shape index (κ3) is 5.36. The number of alkyl halides is 3. The van der Waals surface area contributed by atoms with Gasteiger partial charge in [0.15, 0.2) is 5.82 Å². The van der Waals surface area contributed by atoms with E-state index < -0.39 is 23.9 Å². The zero-order valence-corrected chi connectivity index (χ0v) is 20.1. The number of likely N-dealkylation sites (tertiary alicyclic amines) is 2. The summed E-state index contributed by atoms with van der Waals surface area (Å²) >= 11 is 0. The minimum absolute atomic E-state index is 0.165. The Morgan fingerprint density at radius 2 is 1.70 bits per heavy atom. The van der Waals surface area contributed by atoms with E-state index in [1.165, 1.54) is 17.0 Å². The second-order valence-corrected chi connectivity index (χ2v) is 9.66. The summed E-state index contributed by atoms with van der Waals surface area (Å²) in [5, 5.41) is 13.6. The van der Waals surface area contributed by atoms with Crippen LogP contribution in [0.25, 0.3) is 0 Å². The lowest BCUT2D eigenvalue weighted by molar-refractivity contribution is -0.137. The molecule has 3 fully saturated rings. The summed E-state index contributed by atoms with van der Waals surface area (Å²) in [6.45, 7) is 2.87. The van der Waals surface area contributed by atoms with Crippen molar-refractivity contribution in [1.29, 1.82) is 0 Å². The molecule has 2 unspecified atom stereocenters. The van der Waals surface area contributed by atoms with Crippen LogP contribution in [0.3, 0.4) is 0 Å². The molecule has 0 radical (unpaired) electrons. The number of halogens is 3. The smallest absolute Gasteiger partial charge is 0.416 e. The number of rotatable bonds is 3. The molecule has 1 N–H and O–H groups in total. The highest BCUT2D eigenvalue weighted by atomic mass is 19.4. The number of urea groups is 1. The molecule has 3 aliphatic heterocycles. The Morgan fingerprint density at radius 1 is 1.00 bits per heavy atom. The number of hydrogen-bond donors (Lipinski definition) is 1. The molecule has 5 rings (SSSR count). The predicted molar refractivity (Wildman–Crippen MR) is 122 cm³/mol. The molecule has 0 aliphatic carbocycles. The summed E-state index contributed by atoms with van der Waals surface area (Å²) in [6.07, 6.45) is -3.71. The van der Waals surface area contributed by atoms with Crippen molar-refractivity contribution in [2.45, 2.75) is 43.3 Å². The quantitative estimate of drug-likeness (QED) is 0.649. The molecule has 37 heavy (non-hydrogen) atoms. The molecule has 3 amide bonds. The van der Waals surface area contributed by atoms with Crippen molar-refractivity contribution < 1.29 is 37.1 Å². The Hall–Kier alpha value is -3.35. The number of hydrogen-bond acceptors (Lipinski definition) is 6. The summed E-state index contributed by atoms with van der Waals surface area (Å²) in [7, 11) is 0. The number of carbonyl (C=O) groups excluding carboxylic acids is 1. The number of carbonyl (C=O) groups is 2. The van der Waals surface area contributed by atoms with E-state index in [9.17, 15) is 27.9 Å². The summed E-state index contributed by atoms with van der Waals surface area (Å²) in [5.74, 6) is 0.0134. The van der Waals surface area contributed by atoms with Crippen LogP contribution in [0.5, 0.6) is 0 Å². The molecule has 13 heteroatoms. The molecule has 1 aromatic carbocycles. The van der Waals surface area contributed by atoms with E-state index in [-0.39, 0.29) is 23.8 Å². The Balaban J connectivity index is 1.40. The fraction of sp³-hybridized carbons (Fsp3) is 0.583. The van der Waals surface area contributed by atoms with Crippen LogP contribution >= 0.6 is 0 Å². The molecule has 0 bridgehead atoms. The lowest BCUT2D eigenvalue weighted by Crippen LogP contribution is -2.52. The highest BCUT2D eigenvalue weighted by Crippen LogP contribution is 2.38. The Kier molecular flexibility index (Phi) is 6.97. The molecule has 3 atom stereocenters. The van der Waals surface area contributed by atoms with Crippen molar-refractivity contribution >= 4 is 12.1 Å². The van der Waals surface area contributed by atoms with E-state index >= 15 is 0 Å². The molecule has 2 aromatic rings. The second kappa shape index (κ2) is 10.2. The third-order valence-corrected chi connectivity index (χ3v) is 7.32. The standard InChI is InChI=1S/C24H28F3N5O5/c25-24(26,27)18-5-3-15(4-6-18)16-12-17(14-31(13-16)22(33)30-8-10-36-11-9-30)20-28-21(37-29-20)19-2-1-7-32(19)23(34)35/h3-6,16-17,19H,1-2,7-14H2,(H,34,35)/t16?,17?,19-/m0/s1. The number of aromatic nitrogens is 2. The van der Waals surface area contributed by atoms with E-state index in [0.29, 0.717) is 76.6 Å². The molecule has 0 spiro atoms. The van der Waals surface area contributed by atoms with Gasteiger partial charge >= 0.3 is 18.3 Å². The van der Waals surface area contributed by atoms with E-state index in [0.717, 1.165) is 12.1 Å². The van der Waals surface area contributed by atoms with Gasteiger partial charge in [0.1, 0.15) is 6.04 Å². The average molecular weight is 524 g/mol. The number of nitrogens with zero attached hydrogens (tertiary/aromatic N) is 5. The molecule has 1 aromatic heterocycles. The number of piperidine rings is 1. The van der Waals surface area contributed by atoms with Gasteiger partial charge in [-0.25, -0.2) is 9.59 Å². The SMILES string of the molecule is O=C(N1CCOCC1)N1CC(c2ccc(C(F)(F)F)cc2)CC(c2noc([C@@H]3CCCN3C(=O)O)n2)C1. The molecular formula is C24H28F3N5O5. The summed E-state index contributed by atoms with van der Waals surface area (Å²) < 4.78 is 50.1. The molecule has 0 saturated carbocycles. The highest BCUT2D eigenvalue weighted by molar-refractivity contribution is 5.75. The summed E-state index contributed by atoms with van der Waals surface area (Å²) in [5.41, 5.74) is -0.0405. The van der Waals surface area contributed by atoms with Gasteiger partial charge in [0.05, 0.1) is 18.8 Å². The maximum atomic E-state index is 13.3. The largest absolute Gasteiger partial charge is 0.465 e. The summed E-state index contributed by atoms with van der Waals surface area (Å²) in [6, 6.07) is 4.34. The van der Waals surface area contributed by atoms with Gasteiger partial charge in [-0.1, -0.05) is 17.3 Å². The van der Waals surface area contributed by atoms with Gasteiger partial charge in [-0.3, -0.25) is 4.90 Å². The van der Waals surface area contributed by atoms with Gasteiger partial charge in [0, 0.05) is 44.6 Å². The molecule has 3 saturated heterocycles. The Bertz CT molecular complexity index is 1120. The maximum absolute atomic E-state index is 13.3. The van der Waals surface area contributed by atoms with Crippen LogP contribution in [0.1, 0.15) is 60.0 Å². The third-order valence-electron chi connectivity index (χ3n) is 7.32. The molecule has 4 heterocycles. The van der Waals surface area contributed by atoms with Crippen molar-refractivity contribution in [2.75, 3.05) is 45.9 Å². The number of morpholine rings is 1. The Morgan fingerprint density at radius 3 is 2.38 bits per heavy atom. The maximum Gasteiger partial charge on any atom is 0.416 e. The van der Waals surface area contributed by atoms with Crippen LogP contribution in [0, 0.1) is 0 Å². The van der Waals surface area contributed by atoms with Crippen molar-refractivity contribution in [3.05, 3.63) is 47.1 Å². The first-order chi connectivity index (χ1) is 17.7. The first-order valence-corrected chi connectivity index (χ1v) is 12.3. The van der Waals surface area contributed by atoms with Gasteiger partial charge in [-0.05, 0) is 37.0 Å². The van der Waals surface area contributed by atoms with Gasteiger partial charge in [-0.2, -0.15) is 18.2 Å². The average Bonchev–Trinajstić information content (AvgIpc) is 3.58. The highest BCUT2D eigenvalue weighted by Gasteiger charge is 2.39. The number of benzene rings is 1. The van der Waals surface area contributed by atoms with Gasteiger partial charge in [0.25, 0.3) is 0 Å². The van der Waals surface area contributed by atoms with E-state index in [1.54, 1.807) is 9.80 Å². The topological polar surface area (TPSA) is 112 Å². The monoisotopic (exact) mass is 523 g/mol. The van der Waals surface area contributed by atoms with Crippen LogP contribution in [-0.4, -0.2) is 88.0 Å². The first-order valence-electron chi connectivity index (χ1n) is 12.3. The normalized spacial score (nSPS) is 24.9. The van der Waals surface area contributed by atoms with Crippen LogP contribution < -0.4 is 0 Å². The predicted octanol–water partition coefficient (Wildman–Crippen LogP) is 3.93. The van der Waals surface area contributed by atoms with Gasteiger partial charge < -0.3 is 24.2 Å². The van der Waals surface area contributed by atoms with Crippen LogP contribution in [0.4, 0.5) is 22.8 Å². The van der Waals surface area contributed by atoms with E-state index in [1.807, 2.05) is 0 Å².